The molecule has 4 nitrogen and oxygen atoms in total. The summed E-state index contributed by atoms with van der Waals surface area (Å²) in [5.74, 6) is 0.640. The number of halogens is 2. The monoisotopic (exact) mass is 225 g/mol. The van der Waals surface area contributed by atoms with Crippen LogP contribution in [-0.4, -0.2) is 16.5 Å². The molecular weight excluding hydrogens is 213 g/mol. The fourth-order valence-corrected chi connectivity index (χ4v) is 0.917. The van der Waals surface area contributed by atoms with E-state index in [1.807, 2.05) is 0 Å². The lowest BCUT2D eigenvalue weighted by Gasteiger charge is -1.97. The van der Waals surface area contributed by atoms with Gasteiger partial charge in [0.1, 0.15) is 5.82 Å². The van der Waals surface area contributed by atoms with Crippen molar-refractivity contribution in [2.75, 3.05) is 6.54 Å². The summed E-state index contributed by atoms with van der Waals surface area (Å²) in [6.45, 7) is 2.28. The lowest BCUT2D eigenvalue weighted by atomic mass is 10.3. The second-order valence-electron chi connectivity index (χ2n) is 2.36. The Morgan fingerprint density at radius 2 is 2.15 bits per heavy atom. The van der Waals surface area contributed by atoms with Gasteiger partial charge in [-0.2, -0.15) is 0 Å². The van der Waals surface area contributed by atoms with Crippen LogP contribution in [0.1, 0.15) is 11.5 Å². The van der Waals surface area contributed by atoms with Gasteiger partial charge >= 0.3 is 0 Å². The number of hydrogen-bond acceptors (Lipinski definition) is 3. The SMILES string of the molecule is Cc1nc(CCN)cc(=O)[nH]1.Cl.Cl. The Hall–Kier alpha value is -0.580. The molecule has 0 amide bonds. The summed E-state index contributed by atoms with van der Waals surface area (Å²) < 4.78 is 0. The van der Waals surface area contributed by atoms with Crippen molar-refractivity contribution in [2.45, 2.75) is 13.3 Å². The molecule has 13 heavy (non-hydrogen) atoms. The molecule has 1 aromatic rings. The van der Waals surface area contributed by atoms with Gasteiger partial charge in [-0.3, -0.25) is 4.79 Å². The molecule has 0 atom stereocenters. The third-order valence-electron chi connectivity index (χ3n) is 1.31. The zero-order valence-corrected chi connectivity index (χ0v) is 8.87. The predicted octanol–water partition coefficient (Wildman–Crippen LogP) is 0.423. The van der Waals surface area contributed by atoms with Crippen molar-refractivity contribution in [2.24, 2.45) is 5.73 Å². The molecule has 0 aromatic carbocycles. The number of nitrogens with zero attached hydrogens (tertiary/aromatic N) is 1. The largest absolute Gasteiger partial charge is 0.330 e. The van der Waals surface area contributed by atoms with Crippen LogP contribution >= 0.6 is 24.8 Å². The fraction of sp³-hybridized carbons (Fsp3) is 0.429. The van der Waals surface area contributed by atoms with E-state index < -0.39 is 0 Å². The summed E-state index contributed by atoms with van der Waals surface area (Å²) in [7, 11) is 0. The molecule has 3 N–H and O–H groups in total. The molecule has 0 aliphatic rings. The first-order valence-corrected chi connectivity index (χ1v) is 3.49. The van der Waals surface area contributed by atoms with E-state index in [0.717, 1.165) is 5.69 Å². The summed E-state index contributed by atoms with van der Waals surface area (Å²) in [6.07, 6.45) is 0.658. The first-order valence-electron chi connectivity index (χ1n) is 3.49. The van der Waals surface area contributed by atoms with Crippen LogP contribution in [-0.2, 0) is 6.42 Å². The van der Waals surface area contributed by atoms with Gasteiger partial charge in [0.15, 0.2) is 0 Å². The molecule has 1 aromatic heterocycles. The van der Waals surface area contributed by atoms with Crippen LogP contribution in [0.15, 0.2) is 10.9 Å². The minimum Gasteiger partial charge on any atom is -0.330 e. The van der Waals surface area contributed by atoms with Crippen LogP contribution in [0.25, 0.3) is 0 Å². The molecule has 0 fully saturated rings. The van der Waals surface area contributed by atoms with Crippen molar-refractivity contribution in [1.82, 2.24) is 9.97 Å². The van der Waals surface area contributed by atoms with Gasteiger partial charge < -0.3 is 10.7 Å². The minimum atomic E-state index is -0.110. The number of hydrogen-bond donors (Lipinski definition) is 2. The molecule has 0 aliphatic heterocycles. The Kier molecular flexibility index (Phi) is 7.90. The Morgan fingerprint density at radius 1 is 1.54 bits per heavy atom. The Labute approximate surface area is 88.8 Å². The number of aromatic nitrogens is 2. The highest BCUT2D eigenvalue weighted by Crippen LogP contribution is 1.89. The highest BCUT2D eigenvalue weighted by molar-refractivity contribution is 5.85. The number of rotatable bonds is 2. The standard InChI is InChI=1S/C7H11N3O.2ClH/c1-5-9-6(2-3-8)4-7(11)10-5;;/h4H,2-3,8H2,1H3,(H,9,10,11);2*1H. The first-order chi connectivity index (χ1) is 5.22. The Bertz CT molecular complexity index is 300. The van der Waals surface area contributed by atoms with E-state index in [1.165, 1.54) is 6.07 Å². The zero-order chi connectivity index (χ0) is 8.27. The molecule has 0 unspecified atom stereocenters. The van der Waals surface area contributed by atoms with Gasteiger partial charge in [0.25, 0.3) is 5.56 Å². The zero-order valence-electron chi connectivity index (χ0n) is 7.24. The van der Waals surface area contributed by atoms with Gasteiger partial charge in [0.05, 0.1) is 0 Å². The van der Waals surface area contributed by atoms with Crippen LogP contribution in [0.4, 0.5) is 0 Å². The van der Waals surface area contributed by atoms with Gasteiger partial charge in [0, 0.05) is 18.2 Å². The van der Waals surface area contributed by atoms with Crippen molar-refractivity contribution >= 4 is 24.8 Å². The normalized spacial score (nSPS) is 8.46. The van der Waals surface area contributed by atoms with Crippen LogP contribution in [0.2, 0.25) is 0 Å². The molecule has 0 bridgehead atoms. The summed E-state index contributed by atoms with van der Waals surface area (Å²) in [5.41, 5.74) is 5.96. The van der Waals surface area contributed by atoms with E-state index in [4.69, 9.17) is 5.73 Å². The van der Waals surface area contributed by atoms with E-state index >= 15 is 0 Å². The molecule has 0 saturated carbocycles. The molecule has 6 heteroatoms. The number of nitrogens with two attached hydrogens (primary N) is 1. The van der Waals surface area contributed by atoms with Crippen molar-refractivity contribution < 1.29 is 0 Å². The van der Waals surface area contributed by atoms with E-state index in [9.17, 15) is 4.79 Å². The van der Waals surface area contributed by atoms with Gasteiger partial charge in [-0.15, -0.1) is 24.8 Å². The van der Waals surface area contributed by atoms with E-state index in [0.29, 0.717) is 18.8 Å². The maximum atomic E-state index is 10.8. The van der Waals surface area contributed by atoms with Gasteiger partial charge in [0.2, 0.25) is 0 Å². The fourth-order valence-electron chi connectivity index (χ4n) is 0.917. The average molecular weight is 226 g/mol. The molecule has 1 heterocycles. The summed E-state index contributed by atoms with van der Waals surface area (Å²) in [5, 5.41) is 0. The van der Waals surface area contributed by atoms with Crippen LogP contribution in [0, 0.1) is 6.92 Å². The second-order valence-corrected chi connectivity index (χ2v) is 2.36. The third kappa shape index (κ3) is 4.87. The second kappa shape index (κ2) is 6.88. The van der Waals surface area contributed by atoms with Gasteiger partial charge in [-0.1, -0.05) is 0 Å². The molecule has 0 spiro atoms. The predicted molar refractivity (Wildman–Crippen MR) is 56.8 cm³/mol. The van der Waals surface area contributed by atoms with Crippen molar-refractivity contribution in [3.63, 3.8) is 0 Å². The van der Waals surface area contributed by atoms with E-state index in [2.05, 4.69) is 9.97 Å². The maximum Gasteiger partial charge on any atom is 0.251 e. The van der Waals surface area contributed by atoms with Gasteiger partial charge in [-0.05, 0) is 13.5 Å². The lowest BCUT2D eigenvalue weighted by Crippen LogP contribution is -2.13. The smallest absolute Gasteiger partial charge is 0.251 e. The van der Waals surface area contributed by atoms with E-state index in [1.54, 1.807) is 6.92 Å². The summed E-state index contributed by atoms with van der Waals surface area (Å²) >= 11 is 0. The lowest BCUT2D eigenvalue weighted by molar-refractivity contribution is 0.877. The summed E-state index contributed by atoms with van der Waals surface area (Å²) in [6, 6.07) is 1.47. The number of aromatic amines is 1. The molecular formula is C7H13Cl2N3O. The molecule has 1 rings (SSSR count). The number of aryl methyl sites for hydroxylation is 1. The number of H-pyrrole nitrogens is 1. The molecule has 0 aliphatic carbocycles. The van der Waals surface area contributed by atoms with Crippen molar-refractivity contribution in [3.05, 3.63) is 27.9 Å². The quantitative estimate of drug-likeness (QED) is 0.767. The average Bonchev–Trinajstić information content (AvgIpc) is 1.85. The van der Waals surface area contributed by atoms with Crippen LogP contribution in [0.5, 0.6) is 0 Å². The molecule has 76 valence electrons. The summed E-state index contributed by atoms with van der Waals surface area (Å²) in [4.78, 5) is 17.5. The Morgan fingerprint density at radius 3 is 2.62 bits per heavy atom. The third-order valence-corrected chi connectivity index (χ3v) is 1.31. The van der Waals surface area contributed by atoms with Crippen molar-refractivity contribution in [3.8, 4) is 0 Å². The molecule has 0 saturated heterocycles. The topological polar surface area (TPSA) is 71.8 Å². The maximum absolute atomic E-state index is 10.8. The van der Waals surface area contributed by atoms with Crippen LogP contribution in [0.3, 0.4) is 0 Å². The highest BCUT2D eigenvalue weighted by Gasteiger charge is 1.95. The first kappa shape index (κ1) is 14.9. The number of nitrogens with one attached hydrogen (secondary N) is 1. The van der Waals surface area contributed by atoms with Crippen LogP contribution < -0.4 is 11.3 Å². The minimum absolute atomic E-state index is 0. The Balaban J connectivity index is 0. The van der Waals surface area contributed by atoms with Gasteiger partial charge in [-0.25, -0.2) is 4.98 Å². The highest BCUT2D eigenvalue weighted by atomic mass is 35.5. The van der Waals surface area contributed by atoms with Crippen molar-refractivity contribution in [1.29, 1.82) is 0 Å². The van der Waals surface area contributed by atoms with E-state index in [-0.39, 0.29) is 30.4 Å². The molecule has 0 radical (unpaired) electrons.